The van der Waals surface area contributed by atoms with Crippen molar-refractivity contribution in [3.8, 4) is 11.5 Å². The summed E-state index contributed by atoms with van der Waals surface area (Å²) in [6.45, 7) is 0. The van der Waals surface area contributed by atoms with Gasteiger partial charge in [0.25, 0.3) is 11.4 Å². The molecule has 0 aliphatic rings. The highest BCUT2D eigenvalue weighted by Gasteiger charge is 2.17. The number of hydrogen-bond donors (Lipinski definition) is 2. The first kappa shape index (κ1) is 19.2. The topological polar surface area (TPSA) is 179 Å². The van der Waals surface area contributed by atoms with Crippen molar-refractivity contribution < 1.29 is 39.0 Å². The van der Waals surface area contributed by atoms with Crippen molar-refractivity contribution in [1.29, 1.82) is 0 Å². The average Bonchev–Trinajstić information content (AvgIpc) is 2.61. The molecule has 2 N–H and O–H groups in total. The number of carboxylic acid groups (broad SMARTS) is 2. The van der Waals surface area contributed by atoms with E-state index in [-0.39, 0.29) is 11.5 Å². The molecule has 2 aromatic carbocycles. The Bertz CT molecular complexity index is 805. The Hall–Kier alpha value is -4.16. The quantitative estimate of drug-likeness (QED) is 0.393. The van der Waals surface area contributed by atoms with Crippen LogP contribution in [0.2, 0.25) is 0 Å². The summed E-state index contributed by atoms with van der Waals surface area (Å²) < 4.78 is 9.92. The molecule has 0 heterocycles. The van der Waals surface area contributed by atoms with Crippen LogP contribution in [-0.4, -0.2) is 39.7 Å². The fraction of sp³-hybridized carbons (Fsp3) is 0. The van der Waals surface area contributed by atoms with E-state index in [2.05, 4.69) is 0 Å². The highest BCUT2D eigenvalue weighted by atomic mass is 16.6. The Labute approximate surface area is 150 Å². The highest BCUT2D eigenvalue weighted by Crippen LogP contribution is 2.25. The first-order chi connectivity index (χ1) is 12.7. The number of aromatic carboxylic acids is 2. The van der Waals surface area contributed by atoms with Gasteiger partial charge in [0, 0.05) is 12.1 Å². The van der Waals surface area contributed by atoms with Crippen LogP contribution < -0.4 is 9.31 Å². The molecule has 2 aromatic rings. The molecule has 137 valence electrons. The second kappa shape index (κ2) is 7.82. The summed E-state index contributed by atoms with van der Waals surface area (Å²) in [4.78, 5) is 42.0. The second-order valence-electron chi connectivity index (χ2n) is 4.89. The van der Waals surface area contributed by atoms with Crippen molar-refractivity contribution in [1.82, 2.24) is 0 Å². The maximum absolute atomic E-state index is 11.0. The van der Waals surface area contributed by atoms with Crippen molar-refractivity contribution in [2.75, 3.05) is 0 Å². The van der Waals surface area contributed by atoms with Crippen LogP contribution >= 0.6 is 0 Å². The molecule has 0 atom stereocenters. The number of carbonyl (C=O) groups is 2. The van der Waals surface area contributed by atoms with E-state index in [9.17, 15) is 29.8 Å². The lowest BCUT2D eigenvalue weighted by Crippen LogP contribution is -2.12. The molecule has 0 aliphatic heterocycles. The van der Waals surface area contributed by atoms with Crippen molar-refractivity contribution in [2.45, 2.75) is 0 Å². The highest BCUT2D eigenvalue weighted by molar-refractivity contribution is 6.20. The summed E-state index contributed by atoms with van der Waals surface area (Å²) in [6.07, 6.45) is 0. The van der Waals surface area contributed by atoms with Crippen LogP contribution in [0.5, 0.6) is 11.5 Å². The van der Waals surface area contributed by atoms with Crippen LogP contribution in [0.4, 0.5) is 11.4 Å². The number of non-ortho nitro benzene ring substituents is 2. The Morgan fingerprint density at radius 3 is 1.44 bits per heavy atom. The molecule has 2 rings (SSSR count). The SMILES string of the molecule is O=C(O)c1cc(O[B]Oc2cc(C(=O)O)cc([N+](=O)[O-])c2)cc([N+](=O)[O-])c1. The molecule has 13 heteroatoms. The van der Waals surface area contributed by atoms with Gasteiger partial charge < -0.3 is 19.5 Å². The van der Waals surface area contributed by atoms with Gasteiger partial charge >= 0.3 is 19.6 Å². The van der Waals surface area contributed by atoms with Gasteiger partial charge in [-0.05, 0) is 12.1 Å². The predicted octanol–water partition coefficient (Wildman–Crippen LogP) is 1.89. The van der Waals surface area contributed by atoms with Crippen molar-refractivity contribution in [3.63, 3.8) is 0 Å². The summed E-state index contributed by atoms with van der Waals surface area (Å²) in [6, 6.07) is 5.51. The van der Waals surface area contributed by atoms with E-state index in [0.29, 0.717) is 7.69 Å². The maximum atomic E-state index is 11.0. The van der Waals surface area contributed by atoms with Crippen LogP contribution in [-0.2, 0) is 0 Å². The number of hydrogen-bond acceptors (Lipinski definition) is 8. The van der Waals surface area contributed by atoms with E-state index in [1.165, 1.54) is 0 Å². The average molecular weight is 375 g/mol. The van der Waals surface area contributed by atoms with E-state index in [1.54, 1.807) is 0 Å². The lowest BCUT2D eigenvalue weighted by Gasteiger charge is -2.08. The second-order valence-corrected chi connectivity index (χ2v) is 4.89. The van der Waals surface area contributed by atoms with Gasteiger partial charge in [0.1, 0.15) is 11.5 Å². The van der Waals surface area contributed by atoms with E-state index < -0.39 is 44.3 Å². The standard InChI is InChI=1S/C14H8BN2O10/c18-13(19)7-1-9(16(22)23)5-11(3-7)26-15-27-12-4-8(14(20)21)2-10(6-12)17(24)25/h1-6H,(H,18,19)(H,20,21). The minimum absolute atomic E-state index is 0.245. The molecule has 12 nitrogen and oxygen atoms in total. The Morgan fingerprint density at radius 1 is 0.778 bits per heavy atom. The number of benzene rings is 2. The first-order valence-electron chi connectivity index (χ1n) is 6.88. The summed E-state index contributed by atoms with van der Waals surface area (Å²) in [5.74, 6) is -3.33. The zero-order chi connectivity index (χ0) is 20.1. The van der Waals surface area contributed by atoms with Gasteiger partial charge in [-0.2, -0.15) is 0 Å². The fourth-order valence-electron chi connectivity index (χ4n) is 1.90. The monoisotopic (exact) mass is 375 g/mol. The molecule has 0 bridgehead atoms. The van der Waals surface area contributed by atoms with Crippen molar-refractivity contribution >= 4 is 31.0 Å². The van der Waals surface area contributed by atoms with E-state index in [4.69, 9.17) is 19.5 Å². The third-order valence-electron chi connectivity index (χ3n) is 3.07. The van der Waals surface area contributed by atoms with Gasteiger partial charge in [0.05, 0.1) is 33.1 Å². The molecule has 0 saturated heterocycles. The van der Waals surface area contributed by atoms with E-state index in [0.717, 1.165) is 36.4 Å². The number of rotatable bonds is 8. The largest absolute Gasteiger partial charge is 0.658 e. The summed E-state index contributed by atoms with van der Waals surface area (Å²) in [7, 11) is 0.620. The van der Waals surface area contributed by atoms with Crippen LogP contribution in [0.1, 0.15) is 20.7 Å². The number of carboxylic acids is 2. The van der Waals surface area contributed by atoms with E-state index in [1.807, 2.05) is 0 Å². The van der Waals surface area contributed by atoms with Crippen LogP contribution in [0, 0.1) is 20.2 Å². The number of nitro groups is 2. The Morgan fingerprint density at radius 2 is 1.15 bits per heavy atom. The summed E-state index contributed by atoms with van der Waals surface area (Å²) in [5, 5.41) is 39.5. The number of nitrogens with zero attached hydrogens (tertiary/aromatic N) is 2. The van der Waals surface area contributed by atoms with Crippen LogP contribution in [0.3, 0.4) is 0 Å². The van der Waals surface area contributed by atoms with Crippen LogP contribution in [0.25, 0.3) is 0 Å². The van der Waals surface area contributed by atoms with Crippen molar-refractivity contribution in [3.05, 3.63) is 67.8 Å². The van der Waals surface area contributed by atoms with Gasteiger partial charge in [-0.1, -0.05) is 0 Å². The molecule has 0 unspecified atom stereocenters. The van der Waals surface area contributed by atoms with Gasteiger partial charge in [-0.15, -0.1) is 0 Å². The Balaban J connectivity index is 2.19. The molecule has 0 spiro atoms. The minimum atomic E-state index is -1.42. The molecule has 0 fully saturated rings. The zero-order valence-electron chi connectivity index (χ0n) is 13.1. The molecular weight excluding hydrogens is 367 g/mol. The molecular formula is C14H8BN2O10. The molecule has 0 saturated carbocycles. The first-order valence-corrected chi connectivity index (χ1v) is 6.88. The van der Waals surface area contributed by atoms with Crippen LogP contribution in [0.15, 0.2) is 36.4 Å². The molecule has 0 aliphatic carbocycles. The summed E-state index contributed by atoms with van der Waals surface area (Å²) >= 11 is 0. The Kier molecular flexibility index (Phi) is 5.55. The number of nitro benzene ring substituents is 2. The normalized spacial score (nSPS) is 9.93. The third kappa shape index (κ3) is 4.91. The van der Waals surface area contributed by atoms with Gasteiger partial charge in [-0.3, -0.25) is 20.2 Å². The lowest BCUT2D eigenvalue weighted by molar-refractivity contribution is -0.385. The molecule has 0 aromatic heterocycles. The minimum Gasteiger partial charge on any atom is -0.526 e. The zero-order valence-corrected chi connectivity index (χ0v) is 13.1. The third-order valence-corrected chi connectivity index (χ3v) is 3.07. The van der Waals surface area contributed by atoms with Gasteiger partial charge in [0.15, 0.2) is 0 Å². The maximum Gasteiger partial charge on any atom is 0.658 e. The summed E-state index contributed by atoms with van der Waals surface area (Å²) in [5.41, 5.74) is -1.89. The molecule has 27 heavy (non-hydrogen) atoms. The van der Waals surface area contributed by atoms with Gasteiger partial charge in [0.2, 0.25) is 0 Å². The molecule has 1 radical (unpaired) electrons. The lowest BCUT2D eigenvalue weighted by atomic mass is 10.1. The van der Waals surface area contributed by atoms with E-state index >= 15 is 0 Å². The van der Waals surface area contributed by atoms with Crippen molar-refractivity contribution in [2.24, 2.45) is 0 Å². The van der Waals surface area contributed by atoms with Gasteiger partial charge in [-0.25, -0.2) is 9.59 Å². The fourth-order valence-corrected chi connectivity index (χ4v) is 1.90. The smallest absolute Gasteiger partial charge is 0.526 e. The molecule has 0 amide bonds. The predicted molar refractivity (Wildman–Crippen MR) is 87.1 cm³/mol.